The van der Waals surface area contributed by atoms with Crippen LogP contribution in [0.5, 0.6) is 11.5 Å². The summed E-state index contributed by atoms with van der Waals surface area (Å²) in [6, 6.07) is 27.6. The van der Waals surface area contributed by atoms with E-state index in [4.69, 9.17) is 20.4 Å². The zero-order chi connectivity index (χ0) is 38.7. The van der Waals surface area contributed by atoms with E-state index in [1.165, 1.54) is 18.2 Å². The third kappa shape index (κ3) is 12.4. The SMILES string of the molecule is CC(C)(C)c1ccc(CN(C(=O)CCC(=O)NCc2ccccc2C(F)(F)F)c2ccccc2Oc2cccc(CN)c2)cc1.O=C(O)C(F)(F)F. The lowest BCUT2D eigenvalue weighted by atomic mass is 9.87. The normalized spacial score (nSPS) is 11.6. The van der Waals surface area contributed by atoms with Crippen molar-refractivity contribution in [3.05, 3.63) is 125 Å². The molecule has 0 atom stereocenters. The number of nitrogens with two attached hydrogens (primary N) is 1. The van der Waals surface area contributed by atoms with Gasteiger partial charge in [0.2, 0.25) is 11.8 Å². The van der Waals surface area contributed by atoms with E-state index in [9.17, 15) is 35.9 Å². The number of hydrogen-bond acceptors (Lipinski definition) is 5. The van der Waals surface area contributed by atoms with Crippen LogP contribution in [0.25, 0.3) is 0 Å². The van der Waals surface area contributed by atoms with Crippen molar-refractivity contribution in [3.8, 4) is 11.5 Å². The molecular weight excluding hydrogens is 692 g/mol. The molecule has 278 valence electrons. The Kier molecular flexibility index (Phi) is 14.0. The van der Waals surface area contributed by atoms with Gasteiger partial charge in [-0.05, 0) is 58.0 Å². The minimum Gasteiger partial charge on any atom is -0.475 e. The molecule has 0 saturated carbocycles. The van der Waals surface area contributed by atoms with Gasteiger partial charge in [0.25, 0.3) is 0 Å². The van der Waals surface area contributed by atoms with Crippen LogP contribution in [0.1, 0.15) is 61.4 Å². The van der Waals surface area contributed by atoms with E-state index in [0.717, 1.165) is 22.8 Å². The fourth-order valence-electron chi connectivity index (χ4n) is 4.82. The molecule has 52 heavy (non-hydrogen) atoms. The summed E-state index contributed by atoms with van der Waals surface area (Å²) in [5.74, 6) is -2.62. The highest BCUT2D eigenvalue weighted by atomic mass is 19.4. The number of ether oxygens (including phenoxy) is 1. The van der Waals surface area contributed by atoms with Crippen molar-refractivity contribution in [2.24, 2.45) is 5.73 Å². The lowest BCUT2D eigenvalue weighted by Gasteiger charge is -2.26. The summed E-state index contributed by atoms with van der Waals surface area (Å²) in [4.78, 5) is 36.9. The summed E-state index contributed by atoms with van der Waals surface area (Å²) in [6.07, 6.45) is -9.98. The quantitative estimate of drug-likeness (QED) is 0.133. The third-order valence-electron chi connectivity index (χ3n) is 7.59. The van der Waals surface area contributed by atoms with Crippen molar-refractivity contribution in [3.63, 3.8) is 0 Å². The van der Waals surface area contributed by atoms with Crippen molar-refractivity contribution in [1.29, 1.82) is 0 Å². The summed E-state index contributed by atoms with van der Waals surface area (Å²) in [7, 11) is 0. The summed E-state index contributed by atoms with van der Waals surface area (Å²) >= 11 is 0. The first kappa shape index (κ1) is 41.1. The summed E-state index contributed by atoms with van der Waals surface area (Å²) in [5.41, 5.74) is 8.34. The predicted octanol–water partition coefficient (Wildman–Crippen LogP) is 8.52. The van der Waals surface area contributed by atoms with E-state index >= 15 is 0 Å². The number of carbonyl (C=O) groups is 3. The number of carbonyl (C=O) groups excluding carboxylic acids is 2. The van der Waals surface area contributed by atoms with Gasteiger partial charge in [0, 0.05) is 25.9 Å². The summed E-state index contributed by atoms with van der Waals surface area (Å²) < 4.78 is 78.0. The molecule has 8 nitrogen and oxygen atoms in total. The molecule has 4 aromatic rings. The number of anilines is 1. The highest BCUT2D eigenvalue weighted by Crippen LogP contribution is 2.35. The molecule has 0 bridgehead atoms. The topological polar surface area (TPSA) is 122 Å². The van der Waals surface area contributed by atoms with Crippen LogP contribution < -0.4 is 20.7 Å². The fraction of sp³-hybridized carbons (Fsp3) is 0.289. The van der Waals surface area contributed by atoms with E-state index in [-0.39, 0.29) is 42.8 Å². The first-order valence-corrected chi connectivity index (χ1v) is 16.0. The molecule has 0 spiro atoms. The molecule has 0 saturated heterocycles. The maximum absolute atomic E-state index is 13.8. The molecule has 0 unspecified atom stereocenters. The van der Waals surface area contributed by atoms with E-state index in [2.05, 4.69) is 26.1 Å². The van der Waals surface area contributed by atoms with Gasteiger partial charge in [0.1, 0.15) is 5.75 Å². The van der Waals surface area contributed by atoms with Crippen LogP contribution in [0.15, 0.2) is 97.1 Å². The van der Waals surface area contributed by atoms with Crippen molar-refractivity contribution < 1.29 is 50.6 Å². The molecule has 0 aliphatic heterocycles. The number of halogens is 6. The van der Waals surface area contributed by atoms with E-state index < -0.39 is 29.8 Å². The first-order chi connectivity index (χ1) is 24.3. The Hall–Kier alpha value is -5.37. The number of amides is 2. The number of hydrogen-bond donors (Lipinski definition) is 3. The average Bonchev–Trinajstić information content (AvgIpc) is 3.08. The van der Waals surface area contributed by atoms with Gasteiger partial charge >= 0.3 is 18.3 Å². The largest absolute Gasteiger partial charge is 0.490 e. The lowest BCUT2D eigenvalue weighted by Crippen LogP contribution is -2.32. The zero-order valence-corrected chi connectivity index (χ0v) is 28.6. The van der Waals surface area contributed by atoms with Crippen molar-refractivity contribution in [2.45, 2.75) is 71.0 Å². The van der Waals surface area contributed by atoms with E-state index in [0.29, 0.717) is 23.7 Å². The number of carboxylic acid groups (broad SMARTS) is 1. The Morgan fingerprint density at radius 2 is 1.40 bits per heavy atom. The van der Waals surface area contributed by atoms with Crippen LogP contribution in [-0.4, -0.2) is 29.1 Å². The molecule has 0 aromatic heterocycles. The van der Waals surface area contributed by atoms with Crippen molar-refractivity contribution in [1.82, 2.24) is 5.32 Å². The molecule has 4 aromatic carbocycles. The molecule has 4 rings (SSSR count). The number of para-hydroxylation sites is 2. The number of benzene rings is 4. The standard InChI is InChI=1S/C36H38F3N3O3.C2HF3O2/c1-35(2,3)28-17-15-25(16-18-28)24-42(31-13-6-7-14-32(31)45-29-11-8-9-26(21-29)22-40)34(44)20-19-33(43)41-23-27-10-4-5-12-30(27)36(37,38)39;3-2(4,5)1(6)7/h4-18,21H,19-20,22-24,40H2,1-3H3,(H,41,43);(H,6,7). The number of rotatable bonds is 11. The Labute approximate surface area is 297 Å². The number of nitrogens with one attached hydrogen (secondary N) is 1. The zero-order valence-electron chi connectivity index (χ0n) is 28.6. The van der Waals surface area contributed by atoms with Gasteiger partial charge < -0.3 is 25.8 Å². The number of alkyl halides is 6. The van der Waals surface area contributed by atoms with Crippen molar-refractivity contribution >= 4 is 23.5 Å². The number of aliphatic carboxylic acids is 1. The number of carboxylic acids is 1. The van der Waals surface area contributed by atoms with Gasteiger partial charge in [-0.15, -0.1) is 0 Å². The first-order valence-electron chi connectivity index (χ1n) is 16.0. The molecule has 0 heterocycles. The van der Waals surface area contributed by atoms with Gasteiger partial charge in [0.05, 0.1) is 17.8 Å². The van der Waals surface area contributed by atoms with E-state index in [1.807, 2.05) is 42.5 Å². The number of nitrogens with zero attached hydrogens (tertiary/aromatic N) is 1. The van der Waals surface area contributed by atoms with Crippen LogP contribution in [-0.2, 0) is 45.6 Å². The van der Waals surface area contributed by atoms with Crippen LogP contribution >= 0.6 is 0 Å². The van der Waals surface area contributed by atoms with Crippen LogP contribution in [0.2, 0.25) is 0 Å². The molecular formula is C38H39F6N3O5. The minimum atomic E-state index is -5.08. The Balaban J connectivity index is 0.000000944. The van der Waals surface area contributed by atoms with Gasteiger partial charge in [-0.1, -0.05) is 87.5 Å². The Morgan fingerprint density at radius 3 is 2.00 bits per heavy atom. The average molecular weight is 732 g/mol. The maximum atomic E-state index is 13.8. The Bertz CT molecular complexity index is 1820. The molecule has 0 fully saturated rings. The van der Waals surface area contributed by atoms with Crippen LogP contribution in [0, 0.1) is 0 Å². The summed E-state index contributed by atoms with van der Waals surface area (Å²) in [6.45, 7) is 6.63. The van der Waals surface area contributed by atoms with Crippen LogP contribution in [0.4, 0.5) is 32.0 Å². The van der Waals surface area contributed by atoms with Crippen LogP contribution in [0.3, 0.4) is 0 Å². The highest BCUT2D eigenvalue weighted by molar-refractivity contribution is 5.96. The molecule has 0 radical (unpaired) electrons. The molecule has 14 heteroatoms. The predicted molar refractivity (Wildman–Crippen MR) is 183 cm³/mol. The molecule has 2 amide bonds. The van der Waals surface area contributed by atoms with Gasteiger partial charge in [-0.2, -0.15) is 26.3 Å². The highest BCUT2D eigenvalue weighted by Gasteiger charge is 2.38. The van der Waals surface area contributed by atoms with Gasteiger partial charge in [-0.25, -0.2) is 4.79 Å². The maximum Gasteiger partial charge on any atom is 0.490 e. The smallest absolute Gasteiger partial charge is 0.475 e. The fourth-order valence-corrected chi connectivity index (χ4v) is 4.82. The molecule has 0 aliphatic rings. The Morgan fingerprint density at radius 1 is 0.788 bits per heavy atom. The monoisotopic (exact) mass is 731 g/mol. The second-order valence-corrected chi connectivity index (χ2v) is 12.6. The lowest BCUT2D eigenvalue weighted by molar-refractivity contribution is -0.192. The molecule has 0 aliphatic carbocycles. The minimum absolute atomic E-state index is 0.0412. The van der Waals surface area contributed by atoms with Crippen molar-refractivity contribution in [2.75, 3.05) is 4.90 Å². The third-order valence-corrected chi connectivity index (χ3v) is 7.59. The van der Waals surface area contributed by atoms with E-state index in [1.54, 1.807) is 35.2 Å². The van der Waals surface area contributed by atoms with Gasteiger partial charge in [0.15, 0.2) is 5.75 Å². The second-order valence-electron chi connectivity index (χ2n) is 12.6. The molecule has 4 N–H and O–H groups in total. The second kappa shape index (κ2) is 17.7. The summed E-state index contributed by atoms with van der Waals surface area (Å²) in [5, 5.41) is 9.65. The van der Waals surface area contributed by atoms with Gasteiger partial charge in [-0.3, -0.25) is 9.59 Å².